The van der Waals surface area contributed by atoms with Gasteiger partial charge in [0.25, 0.3) is 0 Å². The van der Waals surface area contributed by atoms with Crippen LogP contribution in [-0.4, -0.2) is 35.5 Å². The van der Waals surface area contributed by atoms with E-state index in [9.17, 15) is 9.90 Å². The number of nitrogens with zero attached hydrogens (tertiary/aromatic N) is 1. The Morgan fingerprint density at radius 1 is 1.40 bits per heavy atom. The highest BCUT2D eigenvalue weighted by Gasteiger charge is 2.24. The lowest BCUT2D eigenvalue weighted by atomic mass is 9.98. The van der Waals surface area contributed by atoms with Crippen LogP contribution < -0.4 is 5.32 Å². The van der Waals surface area contributed by atoms with Crippen molar-refractivity contribution in [1.29, 1.82) is 0 Å². The third-order valence-corrected chi connectivity index (χ3v) is 4.18. The summed E-state index contributed by atoms with van der Waals surface area (Å²) in [5.74, 6) is 1.04. The van der Waals surface area contributed by atoms with Crippen LogP contribution >= 0.6 is 12.4 Å². The Hall–Kier alpha value is -1.26. The zero-order valence-corrected chi connectivity index (χ0v) is 12.3. The van der Waals surface area contributed by atoms with E-state index in [2.05, 4.69) is 5.32 Å². The minimum absolute atomic E-state index is 0. The summed E-state index contributed by atoms with van der Waals surface area (Å²) in [5.41, 5.74) is 2.34. The van der Waals surface area contributed by atoms with Crippen molar-refractivity contribution in [2.75, 3.05) is 19.6 Å². The van der Waals surface area contributed by atoms with Gasteiger partial charge in [0.2, 0.25) is 5.91 Å². The van der Waals surface area contributed by atoms with E-state index in [1.165, 1.54) is 5.56 Å². The lowest BCUT2D eigenvalue weighted by molar-refractivity contribution is -0.133. The molecule has 0 aromatic heterocycles. The number of nitrogens with one attached hydrogen (secondary N) is 1. The van der Waals surface area contributed by atoms with E-state index in [1.54, 1.807) is 12.1 Å². The molecule has 1 fully saturated rings. The number of fused-ring (bicyclic) bond motifs is 1. The van der Waals surface area contributed by atoms with Crippen LogP contribution in [0.15, 0.2) is 18.2 Å². The lowest BCUT2D eigenvalue weighted by Gasteiger charge is -2.29. The van der Waals surface area contributed by atoms with Crippen LogP contribution in [0.2, 0.25) is 0 Å². The maximum Gasteiger partial charge on any atom is 0.223 e. The number of hydrogen-bond donors (Lipinski definition) is 2. The Balaban J connectivity index is 0.00000147. The van der Waals surface area contributed by atoms with Crippen LogP contribution in [0.1, 0.15) is 24.0 Å². The fourth-order valence-corrected chi connectivity index (χ4v) is 3.02. The molecule has 0 saturated carbocycles. The summed E-state index contributed by atoms with van der Waals surface area (Å²) < 4.78 is 0. The van der Waals surface area contributed by atoms with E-state index >= 15 is 0 Å². The Morgan fingerprint density at radius 3 is 3.00 bits per heavy atom. The average molecular weight is 297 g/mol. The van der Waals surface area contributed by atoms with Gasteiger partial charge in [-0.3, -0.25) is 4.79 Å². The molecule has 3 rings (SSSR count). The summed E-state index contributed by atoms with van der Waals surface area (Å²) in [7, 11) is 0. The summed E-state index contributed by atoms with van der Waals surface area (Å²) in [4.78, 5) is 14.2. The third kappa shape index (κ3) is 3.25. The topological polar surface area (TPSA) is 52.6 Å². The molecule has 2 aliphatic heterocycles. The molecule has 0 bridgehead atoms. The van der Waals surface area contributed by atoms with Gasteiger partial charge in [-0.15, -0.1) is 12.4 Å². The maximum atomic E-state index is 12.3. The highest BCUT2D eigenvalue weighted by Crippen LogP contribution is 2.24. The Morgan fingerprint density at radius 2 is 2.25 bits per heavy atom. The number of hydrogen-bond acceptors (Lipinski definition) is 3. The second-order valence-corrected chi connectivity index (χ2v) is 5.58. The first-order valence-electron chi connectivity index (χ1n) is 7.01. The van der Waals surface area contributed by atoms with Gasteiger partial charge in [0.1, 0.15) is 5.75 Å². The standard InChI is InChI=1S/C15H20N2O2.ClH/c18-14-2-1-12-4-6-17(10-13(12)8-14)15(19)7-11-3-5-16-9-11;/h1-2,8,11,16,18H,3-7,9-10H2;1H. The van der Waals surface area contributed by atoms with Crippen molar-refractivity contribution in [3.63, 3.8) is 0 Å². The van der Waals surface area contributed by atoms with E-state index < -0.39 is 0 Å². The largest absolute Gasteiger partial charge is 0.508 e. The Bertz CT molecular complexity index is 487. The summed E-state index contributed by atoms with van der Waals surface area (Å²) in [6.07, 6.45) is 2.66. The molecule has 0 aliphatic carbocycles. The van der Waals surface area contributed by atoms with Gasteiger partial charge in [-0.05, 0) is 55.1 Å². The fourth-order valence-electron chi connectivity index (χ4n) is 3.02. The molecule has 20 heavy (non-hydrogen) atoms. The van der Waals surface area contributed by atoms with Crippen LogP contribution in [0.25, 0.3) is 0 Å². The van der Waals surface area contributed by atoms with Gasteiger partial charge in [-0.25, -0.2) is 0 Å². The molecule has 1 saturated heterocycles. The monoisotopic (exact) mass is 296 g/mol. The zero-order chi connectivity index (χ0) is 13.2. The molecule has 5 heteroatoms. The molecule has 4 nitrogen and oxygen atoms in total. The van der Waals surface area contributed by atoms with Gasteiger partial charge in [0.15, 0.2) is 0 Å². The first kappa shape index (κ1) is 15.1. The van der Waals surface area contributed by atoms with E-state index in [1.807, 2.05) is 11.0 Å². The van der Waals surface area contributed by atoms with Crippen molar-refractivity contribution in [3.05, 3.63) is 29.3 Å². The molecule has 2 aliphatic rings. The van der Waals surface area contributed by atoms with Crippen LogP contribution in [-0.2, 0) is 17.8 Å². The number of halogens is 1. The average Bonchev–Trinajstić information content (AvgIpc) is 2.90. The van der Waals surface area contributed by atoms with Crippen LogP contribution in [0.3, 0.4) is 0 Å². The number of rotatable bonds is 2. The molecule has 0 spiro atoms. The third-order valence-electron chi connectivity index (χ3n) is 4.18. The minimum atomic E-state index is 0. The van der Waals surface area contributed by atoms with Crippen molar-refractivity contribution in [1.82, 2.24) is 10.2 Å². The fraction of sp³-hybridized carbons (Fsp3) is 0.533. The maximum absolute atomic E-state index is 12.3. The smallest absolute Gasteiger partial charge is 0.223 e. The van der Waals surface area contributed by atoms with Gasteiger partial charge in [0, 0.05) is 19.5 Å². The summed E-state index contributed by atoms with van der Waals surface area (Å²) in [5, 5.41) is 12.8. The summed E-state index contributed by atoms with van der Waals surface area (Å²) in [6.45, 7) is 3.45. The predicted octanol–water partition coefficient (Wildman–Crippen LogP) is 1.70. The van der Waals surface area contributed by atoms with Gasteiger partial charge in [0.05, 0.1) is 0 Å². The number of phenols is 1. The van der Waals surface area contributed by atoms with Crippen molar-refractivity contribution in [2.45, 2.75) is 25.8 Å². The number of carbonyl (C=O) groups excluding carboxylic acids is 1. The molecule has 1 aromatic carbocycles. The minimum Gasteiger partial charge on any atom is -0.508 e. The number of amides is 1. The first-order chi connectivity index (χ1) is 9.22. The lowest BCUT2D eigenvalue weighted by Crippen LogP contribution is -2.37. The van der Waals surface area contributed by atoms with Crippen LogP contribution in [0.5, 0.6) is 5.75 Å². The Labute approximate surface area is 125 Å². The van der Waals surface area contributed by atoms with E-state index in [0.717, 1.165) is 38.0 Å². The van der Waals surface area contributed by atoms with Gasteiger partial charge >= 0.3 is 0 Å². The number of aromatic hydroxyl groups is 1. The highest BCUT2D eigenvalue weighted by atomic mass is 35.5. The molecule has 1 aromatic rings. The van der Waals surface area contributed by atoms with Crippen molar-refractivity contribution < 1.29 is 9.90 Å². The summed E-state index contributed by atoms with van der Waals surface area (Å²) >= 11 is 0. The van der Waals surface area contributed by atoms with Crippen LogP contribution in [0.4, 0.5) is 0 Å². The summed E-state index contributed by atoms with van der Waals surface area (Å²) in [6, 6.07) is 5.47. The Kier molecular flexibility index (Phi) is 4.89. The SMILES string of the molecule is Cl.O=C(CC1CCNC1)N1CCc2ccc(O)cc2C1. The van der Waals surface area contributed by atoms with E-state index in [-0.39, 0.29) is 24.1 Å². The van der Waals surface area contributed by atoms with Crippen molar-refractivity contribution >= 4 is 18.3 Å². The normalized spacial score (nSPS) is 21.2. The molecular formula is C15H21ClN2O2. The second-order valence-electron chi connectivity index (χ2n) is 5.58. The van der Waals surface area contributed by atoms with E-state index in [0.29, 0.717) is 18.9 Å². The number of carbonyl (C=O) groups is 1. The molecule has 1 amide bonds. The van der Waals surface area contributed by atoms with Crippen molar-refractivity contribution in [3.8, 4) is 5.75 Å². The number of benzene rings is 1. The second kappa shape index (κ2) is 6.46. The quantitative estimate of drug-likeness (QED) is 0.873. The molecule has 1 atom stereocenters. The highest BCUT2D eigenvalue weighted by molar-refractivity contribution is 5.85. The van der Waals surface area contributed by atoms with Gasteiger partial charge < -0.3 is 15.3 Å². The molecular weight excluding hydrogens is 276 g/mol. The molecule has 1 unspecified atom stereocenters. The zero-order valence-electron chi connectivity index (χ0n) is 11.5. The first-order valence-corrected chi connectivity index (χ1v) is 7.01. The van der Waals surface area contributed by atoms with Crippen LogP contribution in [0, 0.1) is 5.92 Å². The van der Waals surface area contributed by atoms with Gasteiger partial charge in [-0.2, -0.15) is 0 Å². The molecule has 110 valence electrons. The molecule has 0 radical (unpaired) electrons. The van der Waals surface area contributed by atoms with E-state index in [4.69, 9.17) is 0 Å². The molecule has 2 N–H and O–H groups in total. The number of phenolic OH excluding ortho intramolecular Hbond substituents is 1. The van der Waals surface area contributed by atoms with Gasteiger partial charge in [-0.1, -0.05) is 6.07 Å². The predicted molar refractivity (Wildman–Crippen MR) is 80.1 cm³/mol. The molecule has 2 heterocycles. The van der Waals surface area contributed by atoms with Crippen molar-refractivity contribution in [2.24, 2.45) is 5.92 Å².